The number of aryl methyl sites for hydroxylation is 2. The number of para-hydroxylation sites is 5. The third-order valence-corrected chi connectivity index (χ3v) is 18.5. The predicted octanol–water partition coefficient (Wildman–Crippen LogP) is 23.2. The van der Waals surface area contributed by atoms with E-state index in [1.807, 2.05) is 19.1 Å². The number of anilines is 6. The highest BCUT2D eigenvalue weighted by molar-refractivity contribution is 6.29. The predicted molar refractivity (Wildman–Crippen MR) is 367 cm³/mol. The smallest absolute Gasteiger partial charge is 0.159 e. The number of aromatic nitrogens is 2. The summed E-state index contributed by atoms with van der Waals surface area (Å²) in [5.74, 6) is 0.748. The van der Waals surface area contributed by atoms with Crippen molar-refractivity contribution in [2.45, 2.75) is 20.8 Å². The molecule has 12 aromatic carbocycles. The van der Waals surface area contributed by atoms with Gasteiger partial charge in [-0.15, -0.1) is 0 Å². The molecule has 0 atom stereocenters. The first-order chi connectivity index (χ1) is 42.9. The van der Waals surface area contributed by atoms with E-state index in [0.717, 1.165) is 117 Å². The van der Waals surface area contributed by atoms with Crippen molar-refractivity contribution < 1.29 is 8.83 Å². The first kappa shape index (κ1) is 49.1. The Labute approximate surface area is 500 Å². The highest BCUT2D eigenvalue weighted by Gasteiger charge is 2.28. The molecule has 6 nitrogen and oxygen atoms in total. The quantitative estimate of drug-likeness (QED) is 0.137. The van der Waals surface area contributed by atoms with E-state index >= 15 is 0 Å². The van der Waals surface area contributed by atoms with Crippen molar-refractivity contribution in [1.29, 1.82) is 0 Å². The summed E-state index contributed by atoms with van der Waals surface area (Å²) >= 11 is 0. The van der Waals surface area contributed by atoms with E-state index in [0.29, 0.717) is 0 Å². The minimum absolute atomic E-state index is 0.748. The zero-order chi connectivity index (χ0) is 57.8. The Hall–Kier alpha value is -11.3. The van der Waals surface area contributed by atoms with Crippen molar-refractivity contribution in [3.05, 3.63) is 278 Å². The monoisotopic (exact) mass is 1110 g/mol. The summed E-state index contributed by atoms with van der Waals surface area (Å²) < 4.78 is 18.8. The second kappa shape index (κ2) is 18.6. The molecule has 0 N–H and O–H groups in total. The van der Waals surface area contributed by atoms with Crippen LogP contribution in [-0.2, 0) is 0 Å². The Morgan fingerprint density at radius 2 is 0.805 bits per heavy atom. The fourth-order valence-corrected chi connectivity index (χ4v) is 14.6. The second-order valence-electron chi connectivity index (χ2n) is 23.3. The third kappa shape index (κ3) is 7.04. The van der Waals surface area contributed by atoms with Crippen LogP contribution < -0.4 is 9.80 Å². The SMILES string of the molecule is C=Cc1oc2c(N(c3ccc4c5cccc6c7cc8c(cc7n(c4c3)c56)c3cccc4c5ccc(N(c6cc(-c7ccccc7)ccc6C)c6cccc7c6oc6ccccc67)cc5n8c43)c3cc(-c4ccccc4)ccc3C)cccc2c1/C=C\C. The zero-order valence-electron chi connectivity index (χ0n) is 48.1. The fraction of sp³-hybridized carbons (Fsp3) is 0.0370. The van der Waals surface area contributed by atoms with Gasteiger partial charge in [0.1, 0.15) is 11.3 Å². The van der Waals surface area contributed by atoms with E-state index in [-0.39, 0.29) is 0 Å². The molecule has 6 heterocycles. The number of hydrogen-bond acceptors (Lipinski definition) is 4. The van der Waals surface area contributed by atoms with Gasteiger partial charge in [0.25, 0.3) is 0 Å². The molecule has 0 saturated carbocycles. The van der Waals surface area contributed by atoms with E-state index in [2.05, 4.69) is 288 Å². The van der Waals surface area contributed by atoms with Crippen LogP contribution in [0.4, 0.5) is 34.1 Å². The Bertz CT molecular complexity index is 5900. The van der Waals surface area contributed by atoms with Gasteiger partial charge in [-0.2, -0.15) is 0 Å². The molecule has 0 radical (unpaired) electrons. The number of furan rings is 2. The van der Waals surface area contributed by atoms with E-state index < -0.39 is 0 Å². The van der Waals surface area contributed by atoms with Crippen LogP contribution in [0, 0.1) is 13.8 Å². The Morgan fingerprint density at radius 3 is 1.33 bits per heavy atom. The normalized spacial score (nSPS) is 12.3. The first-order valence-electron chi connectivity index (χ1n) is 29.9. The van der Waals surface area contributed by atoms with Gasteiger partial charge in [0.15, 0.2) is 11.2 Å². The number of hydrogen-bond donors (Lipinski definition) is 0. The fourth-order valence-electron chi connectivity index (χ4n) is 14.6. The maximum absolute atomic E-state index is 6.86. The van der Waals surface area contributed by atoms with E-state index in [9.17, 15) is 0 Å². The summed E-state index contributed by atoms with van der Waals surface area (Å²) in [6.45, 7) is 10.6. The van der Waals surface area contributed by atoms with E-state index in [1.54, 1.807) is 0 Å². The van der Waals surface area contributed by atoms with Crippen LogP contribution in [0.1, 0.15) is 29.4 Å². The highest BCUT2D eigenvalue weighted by atomic mass is 16.3. The van der Waals surface area contributed by atoms with Crippen LogP contribution in [0.25, 0.3) is 144 Å². The van der Waals surface area contributed by atoms with Crippen LogP contribution in [0.2, 0.25) is 0 Å². The molecule has 0 bridgehead atoms. The molecule has 0 aliphatic rings. The summed E-state index contributed by atoms with van der Waals surface area (Å²) in [4.78, 5) is 4.82. The topological polar surface area (TPSA) is 41.6 Å². The average Bonchev–Trinajstić information content (AvgIpc) is 1.55. The van der Waals surface area contributed by atoms with E-state index in [4.69, 9.17) is 8.83 Å². The summed E-state index contributed by atoms with van der Waals surface area (Å²) in [6, 6.07) is 89.0. The van der Waals surface area contributed by atoms with Gasteiger partial charge in [0.05, 0.1) is 44.5 Å². The lowest BCUT2D eigenvalue weighted by Gasteiger charge is -2.28. The molecular formula is C81H54N4O2. The van der Waals surface area contributed by atoms with Gasteiger partial charge in [-0.3, -0.25) is 0 Å². The molecule has 410 valence electrons. The minimum atomic E-state index is 0.748. The van der Waals surface area contributed by atoms with Crippen LogP contribution in [0.5, 0.6) is 0 Å². The summed E-state index contributed by atoms with van der Waals surface area (Å²) in [6.07, 6.45) is 6.00. The maximum atomic E-state index is 6.86. The Kier molecular flexibility index (Phi) is 10.5. The number of nitrogens with zero attached hydrogens (tertiary/aromatic N) is 4. The molecular weight excluding hydrogens is 1060 g/mol. The van der Waals surface area contributed by atoms with Crippen LogP contribution in [0.15, 0.2) is 264 Å². The molecule has 0 fully saturated rings. The summed E-state index contributed by atoms with van der Waals surface area (Å²) in [5.41, 5.74) is 23.7. The molecule has 6 aromatic heterocycles. The van der Waals surface area contributed by atoms with Gasteiger partial charge >= 0.3 is 0 Å². The van der Waals surface area contributed by atoms with Crippen LogP contribution in [-0.4, -0.2) is 8.80 Å². The van der Waals surface area contributed by atoms with Crippen molar-refractivity contribution in [2.75, 3.05) is 9.80 Å². The van der Waals surface area contributed by atoms with Gasteiger partial charge in [0, 0.05) is 87.6 Å². The van der Waals surface area contributed by atoms with Crippen molar-refractivity contribution in [3.8, 4) is 22.3 Å². The molecule has 18 aromatic rings. The Balaban J connectivity index is 0.873. The number of allylic oxidation sites excluding steroid dienone is 1. The summed E-state index contributed by atoms with van der Waals surface area (Å²) in [5, 5.41) is 13.0. The number of rotatable bonds is 10. The van der Waals surface area contributed by atoms with E-state index in [1.165, 1.54) is 70.7 Å². The van der Waals surface area contributed by atoms with Crippen LogP contribution >= 0.6 is 0 Å². The molecule has 0 amide bonds. The second-order valence-corrected chi connectivity index (χ2v) is 23.3. The Morgan fingerprint density at radius 1 is 0.356 bits per heavy atom. The lowest BCUT2D eigenvalue weighted by molar-refractivity contribution is 0.604. The molecule has 0 saturated heterocycles. The molecule has 0 unspecified atom stereocenters. The largest absolute Gasteiger partial charge is 0.454 e. The van der Waals surface area contributed by atoms with Crippen LogP contribution in [0.3, 0.4) is 0 Å². The number of benzene rings is 12. The molecule has 87 heavy (non-hydrogen) atoms. The minimum Gasteiger partial charge on any atom is -0.454 e. The van der Waals surface area contributed by atoms with Crippen molar-refractivity contribution >= 4 is 155 Å². The van der Waals surface area contributed by atoms with Gasteiger partial charge in [-0.05, 0) is 127 Å². The van der Waals surface area contributed by atoms with Gasteiger partial charge in [0.2, 0.25) is 0 Å². The maximum Gasteiger partial charge on any atom is 0.159 e. The summed E-state index contributed by atoms with van der Waals surface area (Å²) in [7, 11) is 0. The number of fused-ring (bicyclic) bond motifs is 16. The third-order valence-electron chi connectivity index (χ3n) is 18.5. The standard InChI is InChI=1S/C81H54N4O2/c1-5-19-58-64-29-17-31-68(80(64)86-76(58)6-2)82(70-42-52(36-34-48(70)3)50-20-9-7-10-21-50)54-38-40-56-60-25-15-27-62-66-47-75-67(46-74(66)84(78(60)62)72(56)44-54)63-28-16-26-61-57-41-39-55(45-73(57)85(75)79(61)63)83(71-43-53(37-35-49(71)4)51-22-11-8-12-23-51)69-32-18-30-65-59-24-13-14-33-77(59)87-81(65)69/h5-47H,2H2,1,3-4H3/b19-5-. The molecule has 0 spiro atoms. The van der Waals surface area contributed by atoms with Crippen molar-refractivity contribution in [2.24, 2.45) is 0 Å². The zero-order valence-corrected chi connectivity index (χ0v) is 48.1. The lowest BCUT2D eigenvalue weighted by atomic mass is 10.0. The highest BCUT2D eigenvalue weighted by Crippen LogP contribution is 2.51. The van der Waals surface area contributed by atoms with Gasteiger partial charge in [-0.25, -0.2) is 0 Å². The molecule has 0 aliphatic heterocycles. The van der Waals surface area contributed by atoms with Gasteiger partial charge in [-0.1, -0.05) is 195 Å². The van der Waals surface area contributed by atoms with Crippen molar-refractivity contribution in [1.82, 2.24) is 8.80 Å². The molecule has 18 rings (SSSR count). The van der Waals surface area contributed by atoms with Gasteiger partial charge < -0.3 is 27.4 Å². The first-order valence-corrected chi connectivity index (χ1v) is 29.9. The van der Waals surface area contributed by atoms with Crippen molar-refractivity contribution in [3.63, 3.8) is 0 Å². The average molecular weight is 1120 g/mol. The lowest BCUT2D eigenvalue weighted by Crippen LogP contribution is -2.12. The molecule has 6 heteroatoms. The molecule has 0 aliphatic carbocycles.